The fourth-order valence-electron chi connectivity index (χ4n) is 1.88. The predicted molar refractivity (Wildman–Crippen MR) is 78.8 cm³/mol. The van der Waals surface area contributed by atoms with Crippen LogP contribution in [0.2, 0.25) is 5.02 Å². The summed E-state index contributed by atoms with van der Waals surface area (Å²) in [7, 11) is 0. The van der Waals surface area contributed by atoms with Crippen molar-refractivity contribution in [1.29, 1.82) is 0 Å². The molecule has 0 amide bonds. The van der Waals surface area contributed by atoms with Crippen molar-refractivity contribution in [2.24, 2.45) is 4.99 Å². The molecule has 0 bridgehead atoms. The minimum Gasteiger partial charge on any atom is -0.505 e. The molecule has 0 atom stereocenters. The second-order valence-electron chi connectivity index (χ2n) is 4.19. The predicted octanol–water partition coefficient (Wildman–Crippen LogP) is 3.53. The number of hydrogen-bond acceptors (Lipinski definition) is 4. The second-order valence-corrected chi connectivity index (χ2v) is 4.60. The molecule has 104 valence electrons. The maximum absolute atomic E-state index is 11.8. The first kappa shape index (κ1) is 14.3. The summed E-state index contributed by atoms with van der Waals surface area (Å²) < 4.78 is 4.90. The van der Waals surface area contributed by atoms with Crippen LogP contribution in [0.1, 0.15) is 19.4 Å². The molecule has 1 aliphatic heterocycles. The van der Waals surface area contributed by atoms with E-state index in [1.54, 1.807) is 32.1 Å². The Labute approximate surface area is 122 Å². The summed E-state index contributed by atoms with van der Waals surface area (Å²) in [5.41, 5.74) is 1.56. The van der Waals surface area contributed by atoms with Gasteiger partial charge in [-0.3, -0.25) is 0 Å². The van der Waals surface area contributed by atoms with Crippen LogP contribution >= 0.6 is 11.6 Å². The molecule has 5 heteroatoms. The number of nitrogens with zero attached hydrogens (tertiary/aromatic N) is 1. The molecule has 0 saturated heterocycles. The van der Waals surface area contributed by atoms with Crippen LogP contribution in [0.5, 0.6) is 0 Å². The van der Waals surface area contributed by atoms with Gasteiger partial charge in [0.25, 0.3) is 0 Å². The van der Waals surface area contributed by atoms with Gasteiger partial charge in [-0.05, 0) is 31.6 Å². The molecule has 4 nitrogen and oxygen atoms in total. The Kier molecular flexibility index (Phi) is 4.25. The number of benzene rings is 1. The van der Waals surface area contributed by atoms with E-state index in [9.17, 15) is 9.90 Å². The third kappa shape index (κ3) is 2.75. The standard InChI is InChI=1S/C15H14ClNO3/c1-3-20-15(19)13-9(2)17-12(14(13)18)8-10-6-4-5-7-11(10)16/h4-8,18H,3H2,1-2H3/b12-8-. The average molecular weight is 292 g/mol. The summed E-state index contributed by atoms with van der Waals surface area (Å²) in [6.45, 7) is 3.60. The zero-order valence-electron chi connectivity index (χ0n) is 11.2. The van der Waals surface area contributed by atoms with Crippen LogP contribution in [0.3, 0.4) is 0 Å². The molecule has 20 heavy (non-hydrogen) atoms. The minimum absolute atomic E-state index is 0.102. The Hall–Kier alpha value is -2.07. The van der Waals surface area contributed by atoms with Crippen molar-refractivity contribution in [1.82, 2.24) is 0 Å². The Morgan fingerprint density at radius 1 is 1.45 bits per heavy atom. The summed E-state index contributed by atoms with van der Waals surface area (Å²) in [6, 6.07) is 7.19. The maximum atomic E-state index is 11.8. The molecule has 1 aromatic rings. The van der Waals surface area contributed by atoms with Gasteiger partial charge in [-0.15, -0.1) is 0 Å². The van der Waals surface area contributed by atoms with E-state index in [4.69, 9.17) is 16.3 Å². The zero-order chi connectivity index (χ0) is 14.7. The van der Waals surface area contributed by atoms with Crippen molar-refractivity contribution >= 4 is 29.4 Å². The van der Waals surface area contributed by atoms with Gasteiger partial charge >= 0.3 is 5.97 Å². The molecular formula is C15H14ClNO3. The molecule has 1 aliphatic rings. The number of ether oxygens (including phenoxy) is 1. The molecule has 0 fully saturated rings. The van der Waals surface area contributed by atoms with E-state index in [0.717, 1.165) is 5.56 Å². The van der Waals surface area contributed by atoms with Crippen molar-refractivity contribution in [3.05, 3.63) is 51.9 Å². The van der Waals surface area contributed by atoms with Crippen LogP contribution in [-0.2, 0) is 9.53 Å². The van der Waals surface area contributed by atoms with Crippen LogP contribution in [-0.4, -0.2) is 23.4 Å². The Morgan fingerprint density at radius 2 is 2.15 bits per heavy atom. The zero-order valence-corrected chi connectivity index (χ0v) is 11.9. The van der Waals surface area contributed by atoms with Crippen molar-refractivity contribution in [2.45, 2.75) is 13.8 Å². The van der Waals surface area contributed by atoms with E-state index in [1.807, 2.05) is 12.1 Å². The number of carbonyl (C=O) groups excluding carboxylic acids is 1. The number of aliphatic imine (C=N–C) groups is 1. The number of rotatable bonds is 3. The number of esters is 1. The summed E-state index contributed by atoms with van der Waals surface area (Å²) >= 11 is 6.05. The molecule has 1 aromatic carbocycles. The molecule has 0 aliphatic carbocycles. The maximum Gasteiger partial charge on any atom is 0.343 e. The lowest BCUT2D eigenvalue weighted by atomic mass is 10.1. The molecular weight excluding hydrogens is 278 g/mol. The van der Waals surface area contributed by atoms with E-state index < -0.39 is 5.97 Å². The van der Waals surface area contributed by atoms with Gasteiger partial charge in [-0.25, -0.2) is 9.79 Å². The van der Waals surface area contributed by atoms with Crippen LogP contribution in [0.25, 0.3) is 6.08 Å². The van der Waals surface area contributed by atoms with Gasteiger partial charge in [0.2, 0.25) is 0 Å². The molecule has 0 radical (unpaired) electrons. The lowest BCUT2D eigenvalue weighted by Crippen LogP contribution is -2.13. The van der Waals surface area contributed by atoms with Crippen molar-refractivity contribution in [2.75, 3.05) is 6.61 Å². The summed E-state index contributed by atoms with van der Waals surface area (Å²) in [5.74, 6) is -0.755. The lowest BCUT2D eigenvalue weighted by Gasteiger charge is -2.03. The lowest BCUT2D eigenvalue weighted by molar-refractivity contribution is -0.138. The normalized spacial score (nSPS) is 16.6. The highest BCUT2D eigenvalue weighted by molar-refractivity contribution is 6.32. The highest BCUT2D eigenvalue weighted by Crippen LogP contribution is 2.28. The minimum atomic E-state index is -0.575. The summed E-state index contributed by atoms with van der Waals surface area (Å²) in [6.07, 6.45) is 1.63. The van der Waals surface area contributed by atoms with Crippen LogP contribution in [0, 0.1) is 0 Å². The monoisotopic (exact) mass is 291 g/mol. The van der Waals surface area contributed by atoms with Crippen molar-refractivity contribution in [3.63, 3.8) is 0 Å². The Balaban J connectivity index is 2.41. The van der Waals surface area contributed by atoms with Crippen molar-refractivity contribution in [3.8, 4) is 0 Å². The molecule has 0 unspecified atom stereocenters. The van der Waals surface area contributed by atoms with Gasteiger partial charge in [0.15, 0.2) is 5.76 Å². The van der Waals surface area contributed by atoms with Gasteiger partial charge in [0.05, 0.1) is 12.3 Å². The van der Waals surface area contributed by atoms with Gasteiger partial charge in [0, 0.05) is 5.02 Å². The summed E-state index contributed by atoms with van der Waals surface area (Å²) in [4.78, 5) is 15.9. The van der Waals surface area contributed by atoms with E-state index in [2.05, 4.69) is 4.99 Å². The number of aliphatic hydroxyl groups excluding tert-OH is 1. The third-order valence-corrected chi connectivity index (χ3v) is 3.15. The van der Waals surface area contributed by atoms with Gasteiger partial charge < -0.3 is 9.84 Å². The van der Waals surface area contributed by atoms with Crippen molar-refractivity contribution < 1.29 is 14.6 Å². The number of carbonyl (C=O) groups is 1. The van der Waals surface area contributed by atoms with Crippen LogP contribution in [0.4, 0.5) is 0 Å². The molecule has 0 aromatic heterocycles. The fourth-order valence-corrected chi connectivity index (χ4v) is 2.07. The van der Waals surface area contributed by atoms with Gasteiger partial charge in [-0.2, -0.15) is 0 Å². The average Bonchev–Trinajstić information content (AvgIpc) is 2.67. The first-order chi connectivity index (χ1) is 9.54. The highest BCUT2D eigenvalue weighted by atomic mass is 35.5. The van der Waals surface area contributed by atoms with E-state index >= 15 is 0 Å². The largest absolute Gasteiger partial charge is 0.505 e. The van der Waals surface area contributed by atoms with Gasteiger partial charge in [-0.1, -0.05) is 29.8 Å². The number of halogens is 1. The van der Waals surface area contributed by atoms with Crippen LogP contribution in [0.15, 0.2) is 46.3 Å². The topological polar surface area (TPSA) is 58.9 Å². The molecule has 0 saturated carbocycles. The smallest absolute Gasteiger partial charge is 0.343 e. The molecule has 1 N–H and O–H groups in total. The van der Waals surface area contributed by atoms with Crippen LogP contribution < -0.4 is 0 Å². The first-order valence-electron chi connectivity index (χ1n) is 6.17. The fraction of sp³-hybridized carbons (Fsp3) is 0.200. The third-order valence-electron chi connectivity index (χ3n) is 2.81. The number of aliphatic hydroxyl groups is 1. The Bertz CT molecular complexity index is 644. The molecule has 0 spiro atoms. The quantitative estimate of drug-likeness (QED) is 0.867. The van der Waals surface area contributed by atoms with E-state index in [-0.39, 0.29) is 17.9 Å². The highest BCUT2D eigenvalue weighted by Gasteiger charge is 2.27. The van der Waals surface area contributed by atoms with E-state index in [0.29, 0.717) is 16.4 Å². The van der Waals surface area contributed by atoms with E-state index in [1.165, 1.54) is 0 Å². The molecule has 1 heterocycles. The second kappa shape index (κ2) is 5.92. The molecule has 2 rings (SSSR count). The first-order valence-corrected chi connectivity index (χ1v) is 6.55. The Morgan fingerprint density at radius 3 is 2.80 bits per heavy atom. The summed E-state index contributed by atoms with van der Waals surface area (Å²) in [5, 5.41) is 10.7. The van der Waals surface area contributed by atoms with Gasteiger partial charge in [0.1, 0.15) is 11.3 Å². The SMILES string of the molecule is CCOC(=O)C1=C(O)/C(=C/c2ccccc2Cl)N=C1C. The number of hydrogen-bond donors (Lipinski definition) is 1.